The molecule has 0 spiro atoms. The van der Waals surface area contributed by atoms with Gasteiger partial charge in [-0.15, -0.1) is 0 Å². The van der Waals surface area contributed by atoms with Crippen LogP contribution >= 0.6 is 11.6 Å². The first kappa shape index (κ1) is 16.4. The van der Waals surface area contributed by atoms with E-state index in [-0.39, 0.29) is 6.42 Å². The van der Waals surface area contributed by atoms with Crippen LogP contribution in [0.4, 0.5) is 13.2 Å². The summed E-state index contributed by atoms with van der Waals surface area (Å²) in [6.45, 7) is 0. The summed E-state index contributed by atoms with van der Waals surface area (Å²) >= 11 is 5.75. The maximum Gasteiger partial charge on any atom is 0.416 e. The second kappa shape index (κ2) is 6.40. The Kier molecular flexibility index (Phi) is 4.76. The summed E-state index contributed by atoms with van der Waals surface area (Å²) in [6.07, 6.45) is -4.48. The van der Waals surface area contributed by atoms with E-state index < -0.39 is 23.6 Å². The zero-order valence-corrected chi connectivity index (χ0v) is 12.0. The summed E-state index contributed by atoms with van der Waals surface area (Å²) in [5.74, 6) is -2.03. The van der Waals surface area contributed by atoms with E-state index in [9.17, 15) is 23.1 Å². The van der Waals surface area contributed by atoms with Crippen LogP contribution in [0.1, 0.15) is 22.6 Å². The minimum atomic E-state index is -4.45. The number of rotatable bonds is 4. The zero-order chi connectivity index (χ0) is 16.3. The molecular weight excluding hydrogens is 317 g/mol. The minimum Gasteiger partial charge on any atom is -0.481 e. The second-order valence-corrected chi connectivity index (χ2v) is 5.28. The van der Waals surface area contributed by atoms with Crippen molar-refractivity contribution in [2.24, 2.45) is 0 Å². The van der Waals surface area contributed by atoms with Crippen molar-refractivity contribution in [3.63, 3.8) is 0 Å². The maximum atomic E-state index is 12.7. The van der Waals surface area contributed by atoms with Crippen LogP contribution in [-0.2, 0) is 17.4 Å². The lowest BCUT2D eigenvalue weighted by Crippen LogP contribution is -2.15. The summed E-state index contributed by atoms with van der Waals surface area (Å²) in [7, 11) is 0. The number of halogens is 4. The highest BCUT2D eigenvalue weighted by Gasteiger charge is 2.31. The molecular formula is C16H12ClF3O2. The fourth-order valence-corrected chi connectivity index (χ4v) is 2.28. The van der Waals surface area contributed by atoms with Crippen molar-refractivity contribution in [1.29, 1.82) is 0 Å². The van der Waals surface area contributed by atoms with E-state index in [1.807, 2.05) is 0 Å². The lowest BCUT2D eigenvalue weighted by Gasteiger charge is -2.14. The minimum absolute atomic E-state index is 0.0269. The van der Waals surface area contributed by atoms with E-state index in [0.29, 0.717) is 16.1 Å². The van der Waals surface area contributed by atoms with E-state index in [4.69, 9.17) is 11.6 Å². The Morgan fingerprint density at radius 1 is 1.14 bits per heavy atom. The highest BCUT2D eigenvalue weighted by molar-refractivity contribution is 6.30. The largest absolute Gasteiger partial charge is 0.481 e. The van der Waals surface area contributed by atoms with Gasteiger partial charge in [0.05, 0.1) is 11.5 Å². The molecule has 22 heavy (non-hydrogen) atoms. The van der Waals surface area contributed by atoms with Gasteiger partial charge in [-0.2, -0.15) is 13.2 Å². The first-order valence-electron chi connectivity index (χ1n) is 6.42. The Balaban J connectivity index is 2.29. The first-order valence-corrected chi connectivity index (χ1v) is 6.79. The molecule has 0 amide bonds. The number of carboxylic acid groups (broad SMARTS) is 1. The van der Waals surface area contributed by atoms with Gasteiger partial charge in [0.25, 0.3) is 0 Å². The van der Waals surface area contributed by atoms with Crippen LogP contribution in [-0.4, -0.2) is 11.1 Å². The number of benzene rings is 2. The van der Waals surface area contributed by atoms with Crippen molar-refractivity contribution in [3.8, 4) is 0 Å². The molecule has 0 radical (unpaired) electrons. The third-order valence-electron chi connectivity index (χ3n) is 3.26. The number of aliphatic carboxylic acids is 1. The summed E-state index contributed by atoms with van der Waals surface area (Å²) in [5, 5.41) is 9.80. The summed E-state index contributed by atoms with van der Waals surface area (Å²) in [4.78, 5) is 11.4. The molecule has 2 aromatic carbocycles. The number of hydrogen-bond donors (Lipinski definition) is 1. The van der Waals surface area contributed by atoms with Gasteiger partial charge in [0.1, 0.15) is 0 Å². The molecule has 2 aromatic rings. The predicted molar refractivity (Wildman–Crippen MR) is 77.0 cm³/mol. The Bertz CT molecular complexity index is 666. The molecule has 1 unspecified atom stereocenters. The average molecular weight is 329 g/mol. The maximum absolute atomic E-state index is 12.7. The SMILES string of the molecule is O=C(O)C(Cc1cccc(C(F)(F)F)c1)c1ccc(Cl)cc1. The molecule has 0 aromatic heterocycles. The van der Waals surface area contributed by atoms with E-state index in [2.05, 4.69) is 0 Å². The van der Waals surface area contributed by atoms with Gasteiger partial charge in [-0.1, -0.05) is 41.9 Å². The smallest absolute Gasteiger partial charge is 0.416 e. The average Bonchev–Trinajstić information content (AvgIpc) is 2.45. The molecule has 0 bridgehead atoms. The Labute approximate surface area is 130 Å². The van der Waals surface area contributed by atoms with E-state index in [1.54, 1.807) is 24.3 Å². The molecule has 1 N–H and O–H groups in total. The highest BCUT2D eigenvalue weighted by atomic mass is 35.5. The van der Waals surface area contributed by atoms with Crippen molar-refractivity contribution >= 4 is 17.6 Å². The number of alkyl halides is 3. The van der Waals surface area contributed by atoms with Crippen molar-refractivity contribution in [2.75, 3.05) is 0 Å². The van der Waals surface area contributed by atoms with Gasteiger partial charge in [0.2, 0.25) is 0 Å². The monoisotopic (exact) mass is 328 g/mol. The van der Waals surface area contributed by atoms with Gasteiger partial charge >= 0.3 is 12.1 Å². The van der Waals surface area contributed by atoms with Crippen molar-refractivity contribution in [1.82, 2.24) is 0 Å². The molecule has 0 saturated heterocycles. The summed E-state index contributed by atoms with van der Waals surface area (Å²) < 4.78 is 38.1. The molecule has 0 heterocycles. The van der Waals surface area contributed by atoms with Crippen LogP contribution < -0.4 is 0 Å². The fourth-order valence-electron chi connectivity index (χ4n) is 2.15. The molecule has 0 aliphatic carbocycles. The van der Waals surface area contributed by atoms with Crippen LogP contribution in [0.15, 0.2) is 48.5 Å². The molecule has 0 aliphatic rings. The molecule has 2 nitrogen and oxygen atoms in total. The molecule has 116 valence electrons. The van der Waals surface area contributed by atoms with Gasteiger partial charge in [-0.05, 0) is 35.7 Å². The van der Waals surface area contributed by atoms with E-state index >= 15 is 0 Å². The van der Waals surface area contributed by atoms with Crippen LogP contribution in [0, 0.1) is 0 Å². The van der Waals surface area contributed by atoms with Gasteiger partial charge in [-0.3, -0.25) is 4.79 Å². The van der Waals surface area contributed by atoms with Crippen molar-refractivity contribution in [3.05, 3.63) is 70.2 Å². The highest BCUT2D eigenvalue weighted by Crippen LogP contribution is 2.31. The van der Waals surface area contributed by atoms with Crippen LogP contribution in [0.3, 0.4) is 0 Å². The molecule has 0 fully saturated rings. The Morgan fingerprint density at radius 2 is 1.77 bits per heavy atom. The zero-order valence-electron chi connectivity index (χ0n) is 11.3. The Morgan fingerprint density at radius 3 is 2.32 bits per heavy atom. The lowest BCUT2D eigenvalue weighted by atomic mass is 9.91. The number of hydrogen-bond acceptors (Lipinski definition) is 1. The predicted octanol–water partition coefficient (Wildman–Crippen LogP) is 4.77. The molecule has 2 rings (SSSR count). The third kappa shape index (κ3) is 4.01. The lowest BCUT2D eigenvalue weighted by molar-refractivity contribution is -0.138. The van der Waals surface area contributed by atoms with Crippen molar-refractivity contribution in [2.45, 2.75) is 18.5 Å². The summed E-state index contributed by atoms with van der Waals surface area (Å²) in [6, 6.07) is 10.9. The van der Waals surface area contributed by atoms with Crippen LogP contribution in [0.25, 0.3) is 0 Å². The Hall–Kier alpha value is -2.01. The van der Waals surface area contributed by atoms with Gasteiger partial charge in [0, 0.05) is 5.02 Å². The number of carbonyl (C=O) groups is 1. The second-order valence-electron chi connectivity index (χ2n) is 4.84. The number of carboxylic acids is 1. The quantitative estimate of drug-likeness (QED) is 0.877. The standard InChI is InChI=1S/C16H12ClF3O2/c17-13-6-4-11(5-7-13)14(15(21)22)9-10-2-1-3-12(8-10)16(18,19)20/h1-8,14H,9H2,(H,21,22). The summed E-state index contributed by atoms with van der Waals surface area (Å²) in [5.41, 5.74) is 0.0248. The van der Waals surface area contributed by atoms with E-state index in [1.165, 1.54) is 12.1 Å². The topological polar surface area (TPSA) is 37.3 Å². The van der Waals surface area contributed by atoms with Crippen LogP contribution in [0.2, 0.25) is 5.02 Å². The van der Waals surface area contributed by atoms with Gasteiger partial charge < -0.3 is 5.11 Å². The molecule has 0 aliphatic heterocycles. The van der Waals surface area contributed by atoms with E-state index in [0.717, 1.165) is 12.1 Å². The van der Waals surface area contributed by atoms with Gasteiger partial charge in [0.15, 0.2) is 0 Å². The van der Waals surface area contributed by atoms with Crippen LogP contribution in [0.5, 0.6) is 0 Å². The first-order chi connectivity index (χ1) is 10.3. The van der Waals surface area contributed by atoms with Gasteiger partial charge in [-0.25, -0.2) is 0 Å². The normalized spacial score (nSPS) is 12.9. The molecule has 6 heteroatoms. The third-order valence-corrected chi connectivity index (χ3v) is 3.52. The molecule has 1 atom stereocenters. The fraction of sp³-hybridized carbons (Fsp3) is 0.188. The molecule has 0 saturated carbocycles. The van der Waals surface area contributed by atoms with Crippen molar-refractivity contribution < 1.29 is 23.1 Å².